The molecule has 0 amide bonds. The highest BCUT2D eigenvalue weighted by Crippen LogP contribution is 2.21. The van der Waals surface area contributed by atoms with Crippen molar-refractivity contribution in [3.63, 3.8) is 0 Å². The quantitative estimate of drug-likeness (QED) is 0.809. The van der Waals surface area contributed by atoms with Gasteiger partial charge in [-0.2, -0.15) is 5.26 Å². The Morgan fingerprint density at radius 1 is 1.58 bits per heavy atom. The van der Waals surface area contributed by atoms with Crippen LogP contribution in [0.15, 0.2) is 0 Å². The molecule has 3 atom stereocenters. The molecule has 0 aromatic heterocycles. The molecular weight excluding hydrogens is 262 g/mol. The van der Waals surface area contributed by atoms with Crippen LogP contribution in [0.25, 0.3) is 0 Å². The normalized spacial score (nSPS) is 28.3. The summed E-state index contributed by atoms with van der Waals surface area (Å²) in [6.45, 7) is 9.22. The van der Waals surface area contributed by atoms with E-state index < -0.39 is 15.4 Å². The van der Waals surface area contributed by atoms with Crippen molar-refractivity contribution in [2.45, 2.75) is 51.7 Å². The largest absolute Gasteiger partial charge is 0.300 e. The molecule has 0 aliphatic carbocycles. The summed E-state index contributed by atoms with van der Waals surface area (Å²) in [7, 11) is -2.88. The third-order valence-electron chi connectivity index (χ3n) is 3.81. The molecule has 1 fully saturated rings. The average molecular weight is 287 g/mol. The van der Waals surface area contributed by atoms with Gasteiger partial charge in [0.1, 0.15) is 5.54 Å². The van der Waals surface area contributed by atoms with Crippen molar-refractivity contribution in [2.75, 3.05) is 24.6 Å². The van der Waals surface area contributed by atoms with Gasteiger partial charge in [0.2, 0.25) is 0 Å². The molecule has 0 radical (unpaired) electrons. The molecule has 0 spiro atoms. The third-order valence-corrected chi connectivity index (χ3v) is 5.60. The van der Waals surface area contributed by atoms with E-state index in [2.05, 4.69) is 23.2 Å². The Morgan fingerprint density at radius 2 is 2.21 bits per heavy atom. The molecule has 1 N–H and O–H groups in total. The predicted molar refractivity (Wildman–Crippen MR) is 76.6 cm³/mol. The van der Waals surface area contributed by atoms with Crippen LogP contribution in [0.3, 0.4) is 0 Å². The van der Waals surface area contributed by atoms with Crippen molar-refractivity contribution in [2.24, 2.45) is 0 Å². The molecule has 1 aliphatic heterocycles. The van der Waals surface area contributed by atoms with Gasteiger partial charge in [0.15, 0.2) is 9.84 Å². The molecule has 1 aliphatic rings. The van der Waals surface area contributed by atoms with Crippen molar-refractivity contribution in [3.05, 3.63) is 0 Å². The lowest BCUT2D eigenvalue weighted by molar-refractivity contribution is 0.143. The van der Waals surface area contributed by atoms with E-state index in [1.54, 1.807) is 0 Å². The Kier molecular flexibility index (Phi) is 5.36. The molecule has 1 heterocycles. The van der Waals surface area contributed by atoms with E-state index in [1.165, 1.54) is 0 Å². The van der Waals surface area contributed by atoms with Gasteiger partial charge in [0, 0.05) is 18.6 Å². The van der Waals surface area contributed by atoms with E-state index in [4.69, 9.17) is 0 Å². The lowest BCUT2D eigenvalue weighted by Crippen LogP contribution is -2.54. The smallest absolute Gasteiger partial charge is 0.153 e. The van der Waals surface area contributed by atoms with Crippen LogP contribution in [-0.4, -0.2) is 55.5 Å². The first-order valence-corrected chi connectivity index (χ1v) is 8.67. The van der Waals surface area contributed by atoms with E-state index >= 15 is 0 Å². The van der Waals surface area contributed by atoms with Crippen LogP contribution in [0.5, 0.6) is 0 Å². The van der Waals surface area contributed by atoms with Crippen LogP contribution in [-0.2, 0) is 9.84 Å². The van der Waals surface area contributed by atoms with E-state index in [-0.39, 0.29) is 23.6 Å². The highest BCUT2D eigenvalue weighted by molar-refractivity contribution is 7.91. The lowest BCUT2D eigenvalue weighted by Gasteiger charge is -2.40. The second-order valence-corrected chi connectivity index (χ2v) is 7.96. The summed E-state index contributed by atoms with van der Waals surface area (Å²) >= 11 is 0. The molecule has 6 heteroatoms. The molecule has 0 aromatic rings. The minimum atomic E-state index is -2.88. The zero-order chi connectivity index (χ0) is 14.7. The highest BCUT2D eigenvalue weighted by Gasteiger charge is 2.34. The Bertz CT molecular complexity index is 443. The molecule has 1 saturated heterocycles. The molecule has 0 bridgehead atoms. The fourth-order valence-corrected chi connectivity index (χ4v) is 4.50. The monoisotopic (exact) mass is 287 g/mol. The van der Waals surface area contributed by atoms with Crippen LogP contribution in [0, 0.1) is 11.3 Å². The zero-order valence-corrected chi connectivity index (χ0v) is 13.1. The summed E-state index contributed by atoms with van der Waals surface area (Å²) in [5.41, 5.74) is -0.551. The number of rotatable bonds is 5. The van der Waals surface area contributed by atoms with E-state index in [1.807, 2.05) is 20.8 Å². The van der Waals surface area contributed by atoms with E-state index in [0.29, 0.717) is 13.0 Å². The minimum absolute atomic E-state index is 0.0262. The van der Waals surface area contributed by atoms with Gasteiger partial charge in [0.25, 0.3) is 0 Å². The second kappa shape index (κ2) is 6.21. The van der Waals surface area contributed by atoms with Gasteiger partial charge in [-0.25, -0.2) is 8.42 Å². The Morgan fingerprint density at radius 3 is 2.68 bits per heavy atom. The maximum Gasteiger partial charge on any atom is 0.153 e. The molecule has 3 unspecified atom stereocenters. The fourth-order valence-electron chi connectivity index (χ4n) is 2.92. The zero-order valence-electron chi connectivity index (χ0n) is 12.3. The van der Waals surface area contributed by atoms with Crippen molar-refractivity contribution < 1.29 is 8.42 Å². The maximum atomic E-state index is 11.6. The SMILES string of the molecule is CCNC(C)(C#N)CC(C)N1CCS(=O)(=O)CC1C. The summed E-state index contributed by atoms with van der Waals surface area (Å²) < 4.78 is 23.2. The molecule has 5 nitrogen and oxygen atoms in total. The Balaban J connectivity index is 2.69. The number of nitrogens with zero attached hydrogens (tertiary/aromatic N) is 2. The van der Waals surface area contributed by atoms with Gasteiger partial charge in [-0.1, -0.05) is 6.92 Å². The van der Waals surface area contributed by atoms with Crippen molar-refractivity contribution in [1.29, 1.82) is 5.26 Å². The topological polar surface area (TPSA) is 73.2 Å². The first kappa shape index (κ1) is 16.4. The fraction of sp³-hybridized carbons (Fsp3) is 0.923. The molecular formula is C13H25N3O2S. The van der Waals surface area contributed by atoms with Crippen LogP contribution in [0.4, 0.5) is 0 Å². The predicted octanol–water partition coefficient (Wildman–Crippen LogP) is 0.776. The van der Waals surface area contributed by atoms with Crippen LogP contribution >= 0.6 is 0 Å². The molecule has 0 saturated carbocycles. The van der Waals surface area contributed by atoms with Crippen molar-refractivity contribution in [1.82, 2.24) is 10.2 Å². The summed E-state index contributed by atoms with van der Waals surface area (Å²) in [5, 5.41) is 12.5. The summed E-state index contributed by atoms with van der Waals surface area (Å²) in [5.74, 6) is 0.452. The molecule has 0 aromatic carbocycles. The number of nitrogens with one attached hydrogen (secondary N) is 1. The van der Waals surface area contributed by atoms with Gasteiger partial charge >= 0.3 is 0 Å². The number of hydrogen-bond acceptors (Lipinski definition) is 5. The molecule has 110 valence electrons. The number of sulfone groups is 1. The molecule has 1 rings (SSSR count). The van der Waals surface area contributed by atoms with E-state index in [9.17, 15) is 13.7 Å². The van der Waals surface area contributed by atoms with Gasteiger partial charge in [0.05, 0.1) is 17.6 Å². The third kappa shape index (κ3) is 4.44. The van der Waals surface area contributed by atoms with Gasteiger partial charge in [-0.15, -0.1) is 0 Å². The standard InChI is InChI=1S/C13H25N3O2S/c1-5-15-13(4,10-14)8-11(2)16-6-7-19(17,18)9-12(16)3/h11-12,15H,5-9H2,1-4H3. The maximum absolute atomic E-state index is 11.6. The van der Waals surface area contributed by atoms with Gasteiger partial charge in [-0.05, 0) is 33.7 Å². The number of hydrogen-bond donors (Lipinski definition) is 1. The van der Waals surface area contributed by atoms with Crippen LogP contribution in [0.2, 0.25) is 0 Å². The Labute approximate surface area is 116 Å². The highest BCUT2D eigenvalue weighted by atomic mass is 32.2. The summed E-state index contributed by atoms with van der Waals surface area (Å²) in [6.07, 6.45) is 0.696. The first-order valence-electron chi connectivity index (χ1n) is 6.85. The van der Waals surface area contributed by atoms with Crippen LogP contribution in [0.1, 0.15) is 34.1 Å². The van der Waals surface area contributed by atoms with Crippen LogP contribution < -0.4 is 5.32 Å². The summed E-state index contributed by atoms with van der Waals surface area (Å²) in [6, 6.07) is 2.54. The van der Waals surface area contributed by atoms with Gasteiger partial charge < -0.3 is 0 Å². The first-order chi connectivity index (χ1) is 8.73. The molecule has 19 heavy (non-hydrogen) atoms. The average Bonchev–Trinajstić information content (AvgIpc) is 2.27. The van der Waals surface area contributed by atoms with Gasteiger partial charge in [-0.3, -0.25) is 10.2 Å². The minimum Gasteiger partial charge on any atom is -0.300 e. The van der Waals surface area contributed by atoms with Crippen molar-refractivity contribution >= 4 is 9.84 Å². The van der Waals surface area contributed by atoms with Crippen molar-refractivity contribution in [3.8, 4) is 6.07 Å². The lowest BCUT2D eigenvalue weighted by atomic mass is 9.94. The number of nitriles is 1. The Hall–Kier alpha value is -0.640. The van der Waals surface area contributed by atoms with E-state index in [0.717, 1.165) is 6.54 Å². The second-order valence-electron chi connectivity index (χ2n) is 5.73. The summed E-state index contributed by atoms with van der Waals surface area (Å²) in [4.78, 5) is 2.20.